The Bertz CT molecular complexity index is 1190. The third kappa shape index (κ3) is 6.32. The molecule has 174 valence electrons. The molecule has 0 saturated carbocycles. The van der Waals surface area contributed by atoms with E-state index in [9.17, 15) is 8.42 Å². The van der Waals surface area contributed by atoms with Crippen molar-refractivity contribution >= 4 is 55.6 Å². The Morgan fingerprint density at radius 2 is 1.78 bits per heavy atom. The number of hydrogen-bond acceptors (Lipinski definition) is 4. The largest absolute Gasteiger partial charge is 0.316 e. The number of para-hydroxylation sites is 1. The third-order valence-electron chi connectivity index (χ3n) is 5.00. The van der Waals surface area contributed by atoms with Crippen molar-refractivity contribution in [3.8, 4) is 11.3 Å². The van der Waals surface area contributed by atoms with Crippen LogP contribution in [0, 0.1) is 0 Å². The van der Waals surface area contributed by atoms with E-state index < -0.39 is 10.0 Å². The van der Waals surface area contributed by atoms with Crippen LogP contribution in [0.25, 0.3) is 11.3 Å². The third-order valence-corrected chi connectivity index (χ3v) is 8.16. The molecule has 3 aromatic rings. The molecule has 0 aliphatic rings. The standard InChI is InChI=1S/C23H28ClN3O2S2.BrH/c1-4-5-6-10-15-27-21(17-30-23(27)25-19-11-8-7-9-12-19)18-13-14-20(24)22(16-18)31(28,29)26(2)3;/h7-9,11-14,16-17H,4-6,10,15H2,1-3H3;1H. The number of thiazole rings is 1. The Labute approximate surface area is 210 Å². The lowest BCUT2D eigenvalue weighted by molar-refractivity contribution is 0.521. The van der Waals surface area contributed by atoms with Crippen LogP contribution >= 0.6 is 39.9 Å². The number of halogens is 2. The predicted octanol–water partition coefficient (Wildman–Crippen LogP) is 6.51. The molecule has 0 aliphatic heterocycles. The van der Waals surface area contributed by atoms with Crippen molar-refractivity contribution < 1.29 is 8.42 Å². The van der Waals surface area contributed by atoms with Gasteiger partial charge in [-0.3, -0.25) is 0 Å². The monoisotopic (exact) mass is 557 g/mol. The summed E-state index contributed by atoms with van der Waals surface area (Å²) in [5, 5.41) is 2.26. The number of nitrogens with zero attached hydrogens (tertiary/aromatic N) is 3. The molecule has 0 saturated heterocycles. The SMILES string of the molecule is Br.CCCCCCn1c(-c2ccc(Cl)c(S(=O)(=O)N(C)C)c2)csc1=Nc1ccccc1. The van der Waals surface area contributed by atoms with Gasteiger partial charge in [-0.1, -0.05) is 62.1 Å². The Morgan fingerprint density at radius 3 is 2.44 bits per heavy atom. The lowest BCUT2D eigenvalue weighted by atomic mass is 10.1. The van der Waals surface area contributed by atoms with Gasteiger partial charge in [0, 0.05) is 31.6 Å². The average molecular weight is 559 g/mol. The highest BCUT2D eigenvalue weighted by Gasteiger charge is 2.22. The summed E-state index contributed by atoms with van der Waals surface area (Å²) >= 11 is 7.81. The van der Waals surface area contributed by atoms with E-state index in [1.54, 1.807) is 23.5 Å². The van der Waals surface area contributed by atoms with E-state index in [-0.39, 0.29) is 26.9 Å². The van der Waals surface area contributed by atoms with Crippen LogP contribution in [0.5, 0.6) is 0 Å². The van der Waals surface area contributed by atoms with Crippen LogP contribution in [0.2, 0.25) is 5.02 Å². The summed E-state index contributed by atoms with van der Waals surface area (Å²) in [7, 11) is -0.630. The molecular weight excluding hydrogens is 530 g/mol. The van der Waals surface area contributed by atoms with E-state index >= 15 is 0 Å². The topological polar surface area (TPSA) is 54.7 Å². The minimum atomic E-state index is -3.64. The first-order valence-electron chi connectivity index (χ1n) is 10.3. The van der Waals surface area contributed by atoms with Gasteiger partial charge in [0.25, 0.3) is 0 Å². The highest BCUT2D eigenvalue weighted by atomic mass is 79.9. The Balaban J connectivity index is 0.00000363. The molecule has 32 heavy (non-hydrogen) atoms. The van der Waals surface area contributed by atoms with E-state index in [4.69, 9.17) is 16.6 Å². The molecular formula is C23H29BrClN3O2S2. The lowest BCUT2D eigenvalue weighted by Gasteiger charge is -2.15. The molecule has 5 nitrogen and oxygen atoms in total. The Hall–Kier alpha value is -1.45. The van der Waals surface area contributed by atoms with Crippen LogP contribution in [-0.2, 0) is 16.6 Å². The fourth-order valence-corrected chi connectivity index (χ4v) is 5.58. The second kappa shape index (κ2) is 12.1. The highest BCUT2D eigenvalue weighted by Crippen LogP contribution is 2.30. The molecule has 9 heteroatoms. The van der Waals surface area contributed by atoms with Crippen LogP contribution < -0.4 is 4.80 Å². The zero-order chi connectivity index (χ0) is 22.4. The Kier molecular flexibility index (Phi) is 10.2. The maximum absolute atomic E-state index is 12.7. The molecule has 3 rings (SSSR count). The zero-order valence-electron chi connectivity index (χ0n) is 18.5. The fraction of sp³-hybridized carbons (Fsp3) is 0.348. The first-order valence-corrected chi connectivity index (χ1v) is 13.0. The quantitative estimate of drug-likeness (QED) is 0.281. The summed E-state index contributed by atoms with van der Waals surface area (Å²) in [4.78, 5) is 5.84. The summed E-state index contributed by atoms with van der Waals surface area (Å²) < 4.78 is 28.8. The molecule has 2 aromatic carbocycles. The minimum Gasteiger partial charge on any atom is -0.316 e. The van der Waals surface area contributed by atoms with Gasteiger partial charge >= 0.3 is 0 Å². The number of aromatic nitrogens is 1. The van der Waals surface area contributed by atoms with Gasteiger partial charge in [0.2, 0.25) is 10.0 Å². The van der Waals surface area contributed by atoms with Gasteiger partial charge in [0.05, 0.1) is 16.4 Å². The maximum atomic E-state index is 12.7. The zero-order valence-corrected chi connectivity index (χ0v) is 22.6. The van der Waals surface area contributed by atoms with Gasteiger partial charge in [-0.25, -0.2) is 17.7 Å². The minimum absolute atomic E-state index is 0. The van der Waals surface area contributed by atoms with Crippen molar-refractivity contribution in [2.45, 2.75) is 44.0 Å². The van der Waals surface area contributed by atoms with Gasteiger partial charge in [-0.05, 0) is 30.7 Å². The molecule has 0 unspecified atom stereocenters. The van der Waals surface area contributed by atoms with Gasteiger partial charge in [0.15, 0.2) is 4.80 Å². The summed E-state index contributed by atoms with van der Waals surface area (Å²) in [6, 6.07) is 15.0. The first-order chi connectivity index (χ1) is 14.8. The first kappa shape index (κ1) is 26.8. The molecule has 0 bridgehead atoms. The molecule has 1 aromatic heterocycles. The van der Waals surface area contributed by atoms with E-state index in [0.29, 0.717) is 0 Å². The summed E-state index contributed by atoms with van der Waals surface area (Å²) in [6.45, 7) is 3.02. The van der Waals surface area contributed by atoms with Crippen molar-refractivity contribution in [1.29, 1.82) is 0 Å². The van der Waals surface area contributed by atoms with Gasteiger partial charge in [0.1, 0.15) is 4.90 Å². The lowest BCUT2D eigenvalue weighted by Crippen LogP contribution is -2.22. The van der Waals surface area contributed by atoms with Gasteiger partial charge in [-0.15, -0.1) is 28.3 Å². The molecule has 1 heterocycles. The fourth-order valence-electron chi connectivity index (χ4n) is 3.23. The van der Waals surface area contributed by atoms with E-state index in [2.05, 4.69) is 11.5 Å². The van der Waals surface area contributed by atoms with E-state index in [0.717, 1.165) is 41.1 Å². The van der Waals surface area contributed by atoms with Crippen LogP contribution in [0.3, 0.4) is 0 Å². The van der Waals surface area contributed by atoms with Crippen LogP contribution in [0.4, 0.5) is 5.69 Å². The molecule has 0 aliphatic carbocycles. The van der Waals surface area contributed by atoms with Crippen molar-refractivity contribution in [1.82, 2.24) is 8.87 Å². The number of sulfonamides is 1. The second-order valence-electron chi connectivity index (χ2n) is 7.50. The van der Waals surface area contributed by atoms with Crippen molar-refractivity contribution in [2.24, 2.45) is 4.99 Å². The summed E-state index contributed by atoms with van der Waals surface area (Å²) in [5.74, 6) is 0. The predicted molar refractivity (Wildman–Crippen MR) is 140 cm³/mol. The molecule has 0 fully saturated rings. The number of unbranched alkanes of at least 4 members (excludes halogenated alkanes) is 3. The average Bonchev–Trinajstić information content (AvgIpc) is 3.14. The van der Waals surface area contributed by atoms with Crippen molar-refractivity contribution in [3.63, 3.8) is 0 Å². The molecule has 0 atom stereocenters. The summed E-state index contributed by atoms with van der Waals surface area (Å²) in [5.41, 5.74) is 2.65. The normalized spacial score (nSPS) is 12.2. The van der Waals surface area contributed by atoms with Crippen LogP contribution in [-0.4, -0.2) is 31.4 Å². The highest BCUT2D eigenvalue weighted by molar-refractivity contribution is 8.93. The summed E-state index contributed by atoms with van der Waals surface area (Å²) in [6.07, 6.45) is 4.54. The Morgan fingerprint density at radius 1 is 1.06 bits per heavy atom. The van der Waals surface area contributed by atoms with Crippen molar-refractivity contribution in [2.75, 3.05) is 14.1 Å². The van der Waals surface area contributed by atoms with E-state index in [1.165, 1.54) is 31.2 Å². The van der Waals surface area contributed by atoms with Crippen LogP contribution in [0.15, 0.2) is 63.8 Å². The molecule has 0 spiro atoms. The van der Waals surface area contributed by atoms with Crippen molar-refractivity contribution in [3.05, 3.63) is 63.7 Å². The van der Waals surface area contributed by atoms with E-state index in [1.807, 2.05) is 41.8 Å². The smallest absolute Gasteiger partial charge is 0.244 e. The molecule has 0 amide bonds. The number of benzene rings is 2. The number of hydrogen-bond donors (Lipinski definition) is 0. The molecule has 0 N–H and O–H groups in total. The second-order valence-corrected chi connectivity index (χ2v) is 10.9. The van der Waals surface area contributed by atoms with Crippen LogP contribution in [0.1, 0.15) is 32.6 Å². The number of rotatable bonds is 9. The van der Waals surface area contributed by atoms with Gasteiger partial charge < -0.3 is 4.57 Å². The van der Waals surface area contributed by atoms with Gasteiger partial charge in [-0.2, -0.15) is 0 Å². The maximum Gasteiger partial charge on any atom is 0.244 e. The molecule has 0 radical (unpaired) electrons.